The Balaban J connectivity index is 2.70. The normalized spacial score (nSPS) is 11.6. The van der Waals surface area contributed by atoms with Gasteiger partial charge in [0.1, 0.15) is 5.75 Å². The van der Waals surface area contributed by atoms with Crippen molar-refractivity contribution in [2.45, 2.75) is 46.1 Å². The maximum Gasteiger partial charge on any atom is 0.258 e. The summed E-state index contributed by atoms with van der Waals surface area (Å²) < 4.78 is 5.64. The Morgan fingerprint density at radius 1 is 1.40 bits per heavy atom. The molecule has 2 N–H and O–H groups in total. The fourth-order valence-electron chi connectivity index (χ4n) is 1.84. The summed E-state index contributed by atoms with van der Waals surface area (Å²) in [7, 11) is 0. The first-order chi connectivity index (χ1) is 9.25. The average Bonchev–Trinajstić information content (AvgIpc) is 2.35. The van der Waals surface area contributed by atoms with Crippen molar-refractivity contribution in [2.75, 3.05) is 13.2 Å². The number of aliphatic hydroxyl groups excluding tert-OH is 1. The first-order valence-corrected chi connectivity index (χ1v) is 6.90. The Bertz CT molecular complexity index is 467. The molecule has 4 heteroatoms. The predicted octanol–water partition coefficient (Wildman–Crippen LogP) is 2.38. The number of benzene rings is 1. The van der Waals surface area contributed by atoms with Crippen LogP contribution in [0, 0.1) is 6.92 Å². The minimum Gasteiger partial charge on any atom is -0.483 e. The van der Waals surface area contributed by atoms with Gasteiger partial charge in [-0.25, -0.2) is 0 Å². The molecule has 1 aromatic carbocycles. The summed E-state index contributed by atoms with van der Waals surface area (Å²) in [5.41, 5.74) is 1.55. The van der Waals surface area contributed by atoms with Crippen LogP contribution in [-0.2, 0) is 4.79 Å². The number of aryl methyl sites for hydroxylation is 1. The van der Waals surface area contributed by atoms with Crippen LogP contribution >= 0.6 is 0 Å². The van der Waals surface area contributed by atoms with E-state index in [4.69, 9.17) is 9.84 Å². The Labute approximate surface area is 121 Å². The number of aliphatic hydroxyl groups is 1. The molecule has 0 fully saturated rings. The maximum absolute atomic E-state index is 11.8. The molecule has 0 aliphatic rings. The van der Waals surface area contributed by atoms with Crippen molar-refractivity contribution in [1.29, 1.82) is 0 Å². The van der Waals surface area contributed by atoms with E-state index in [9.17, 15) is 4.79 Å². The van der Waals surface area contributed by atoms with Gasteiger partial charge in [0.05, 0.1) is 12.1 Å². The molecule has 0 bridgehead atoms. The zero-order valence-electron chi connectivity index (χ0n) is 13.0. The van der Waals surface area contributed by atoms with Gasteiger partial charge in [-0.2, -0.15) is 0 Å². The van der Waals surface area contributed by atoms with Crippen molar-refractivity contribution >= 4 is 5.91 Å². The summed E-state index contributed by atoms with van der Waals surface area (Å²) in [4.78, 5) is 11.8. The summed E-state index contributed by atoms with van der Waals surface area (Å²) in [6.07, 6.45) is 0. The van der Waals surface area contributed by atoms with Gasteiger partial charge in [0.2, 0.25) is 0 Å². The highest BCUT2D eigenvalue weighted by Crippen LogP contribution is 2.27. The highest BCUT2D eigenvalue weighted by molar-refractivity contribution is 5.78. The van der Waals surface area contributed by atoms with Gasteiger partial charge in [-0.3, -0.25) is 4.79 Å². The number of carbonyl (C=O) groups is 1. The van der Waals surface area contributed by atoms with Crippen molar-refractivity contribution in [2.24, 2.45) is 0 Å². The zero-order chi connectivity index (χ0) is 15.3. The Hall–Kier alpha value is -1.55. The van der Waals surface area contributed by atoms with Crippen molar-refractivity contribution < 1.29 is 14.6 Å². The second-order valence-electron chi connectivity index (χ2n) is 6.07. The quantitative estimate of drug-likeness (QED) is 0.840. The molecule has 4 nitrogen and oxygen atoms in total. The molecule has 0 aliphatic heterocycles. The van der Waals surface area contributed by atoms with Crippen LogP contribution in [0.2, 0.25) is 0 Å². The van der Waals surface area contributed by atoms with Crippen LogP contribution in [0.25, 0.3) is 0 Å². The molecule has 0 radical (unpaired) electrons. The van der Waals surface area contributed by atoms with Crippen molar-refractivity contribution in [3.05, 3.63) is 29.3 Å². The van der Waals surface area contributed by atoms with E-state index in [1.54, 1.807) is 13.8 Å². The number of amides is 1. The highest BCUT2D eigenvalue weighted by Gasteiger charge is 2.19. The molecule has 1 amide bonds. The van der Waals surface area contributed by atoms with Gasteiger partial charge >= 0.3 is 0 Å². The van der Waals surface area contributed by atoms with Gasteiger partial charge < -0.3 is 15.2 Å². The molecular formula is C16H25NO3. The van der Waals surface area contributed by atoms with E-state index in [-0.39, 0.29) is 19.1 Å². The molecule has 0 atom stereocenters. The number of ether oxygens (including phenoxy) is 1. The summed E-state index contributed by atoms with van der Waals surface area (Å²) in [5, 5.41) is 11.9. The SMILES string of the molecule is Cc1ccc(C(C)C)c(OCC(=O)NC(C)(C)CO)c1. The van der Waals surface area contributed by atoms with E-state index in [1.807, 2.05) is 25.1 Å². The van der Waals surface area contributed by atoms with Crippen LogP contribution in [0.3, 0.4) is 0 Å². The van der Waals surface area contributed by atoms with Crippen LogP contribution in [0.1, 0.15) is 44.7 Å². The Morgan fingerprint density at radius 3 is 2.60 bits per heavy atom. The van der Waals surface area contributed by atoms with Crippen LogP contribution in [-0.4, -0.2) is 29.8 Å². The fraction of sp³-hybridized carbons (Fsp3) is 0.562. The van der Waals surface area contributed by atoms with E-state index in [0.29, 0.717) is 5.92 Å². The number of hydrogen-bond acceptors (Lipinski definition) is 3. The molecule has 1 rings (SSSR count). The van der Waals surface area contributed by atoms with Gasteiger partial charge in [0.25, 0.3) is 5.91 Å². The molecule has 20 heavy (non-hydrogen) atoms. The van der Waals surface area contributed by atoms with Crippen molar-refractivity contribution in [1.82, 2.24) is 5.32 Å². The van der Waals surface area contributed by atoms with E-state index in [1.165, 1.54) is 0 Å². The molecule has 0 saturated heterocycles. The lowest BCUT2D eigenvalue weighted by Crippen LogP contribution is -2.48. The third-order valence-electron chi connectivity index (χ3n) is 3.02. The van der Waals surface area contributed by atoms with Gasteiger partial charge in [-0.05, 0) is 43.9 Å². The van der Waals surface area contributed by atoms with E-state index in [2.05, 4.69) is 19.2 Å². The number of hydrogen-bond donors (Lipinski definition) is 2. The fourth-order valence-corrected chi connectivity index (χ4v) is 1.84. The third kappa shape index (κ3) is 4.85. The molecule has 0 aromatic heterocycles. The lowest BCUT2D eigenvalue weighted by Gasteiger charge is -2.23. The van der Waals surface area contributed by atoms with Crippen LogP contribution < -0.4 is 10.1 Å². The standard InChI is InChI=1S/C16H25NO3/c1-11(2)13-7-6-12(3)8-14(13)20-9-15(19)17-16(4,5)10-18/h6-8,11,18H,9-10H2,1-5H3,(H,17,19). The number of carbonyl (C=O) groups excluding carboxylic acids is 1. The van der Waals surface area contributed by atoms with E-state index >= 15 is 0 Å². The molecule has 0 saturated carbocycles. The molecule has 0 aliphatic carbocycles. The van der Waals surface area contributed by atoms with Gasteiger partial charge in [-0.1, -0.05) is 26.0 Å². The van der Waals surface area contributed by atoms with E-state index < -0.39 is 5.54 Å². The molecular weight excluding hydrogens is 254 g/mol. The third-order valence-corrected chi connectivity index (χ3v) is 3.02. The Morgan fingerprint density at radius 2 is 2.05 bits per heavy atom. The lowest BCUT2D eigenvalue weighted by molar-refractivity contribution is -0.125. The summed E-state index contributed by atoms with van der Waals surface area (Å²) in [6, 6.07) is 6.02. The van der Waals surface area contributed by atoms with Crippen LogP contribution in [0.4, 0.5) is 0 Å². The molecule has 1 aromatic rings. The maximum atomic E-state index is 11.8. The first kappa shape index (κ1) is 16.5. The molecule has 0 heterocycles. The zero-order valence-corrected chi connectivity index (χ0v) is 13.0. The first-order valence-electron chi connectivity index (χ1n) is 6.90. The summed E-state index contributed by atoms with van der Waals surface area (Å²) in [5.74, 6) is 0.847. The van der Waals surface area contributed by atoms with Crippen LogP contribution in [0.5, 0.6) is 5.75 Å². The van der Waals surface area contributed by atoms with Crippen molar-refractivity contribution in [3.63, 3.8) is 0 Å². The van der Waals surface area contributed by atoms with Crippen molar-refractivity contribution in [3.8, 4) is 5.75 Å². The van der Waals surface area contributed by atoms with Crippen LogP contribution in [0.15, 0.2) is 18.2 Å². The van der Waals surface area contributed by atoms with Gasteiger partial charge in [0, 0.05) is 0 Å². The van der Waals surface area contributed by atoms with Gasteiger partial charge in [-0.15, -0.1) is 0 Å². The minimum absolute atomic E-state index is 0.0490. The largest absolute Gasteiger partial charge is 0.483 e. The predicted molar refractivity (Wildman–Crippen MR) is 80.1 cm³/mol. The number of rotatable bonds is 6. The molecule has 0 unspecified atom stereocenters. The second kappa shape index (κ2) is 6.75. The molecule has 112 valence electrons. The van der Waals surface area contributed by atoms with Gasteiger partial charge in [0.15, 0.2) is 6.61 Å². The topological polar surface area (TPSA) is 58.6 Å². The number of nitrogens with one attached hydrogen (secondary N) is 1. The van der Waals surface area contributed by atoms with E-state index in [0.717, 1.165) is 16.9 Å². The lowest BCUT2D eigenvalue weighted by atomic mass is 10.0. The highest BCUT2D eigenvalue weighted by atomic mass is 16.5. The minimum atomic E-state index is -0.631. The second-order valence-corrected chi connectivity index (χ2v) is 6.07. The summed E-state index contributed by atoms with van der Waals surface area (Å²) >= 11 is 0. The smallest absolute Gasteiger partial charge is 0.258 e. The average molecular weight is 279 g/mol. The summed E-state index contributed by atoms with van der Waals surface area (Å²) in [6.45, 7) is 9.53. The Kier molecular flexibility index (Phi) is 5.57. The molecule has 0 spiro atoms. The monoisotopic (exact) mass is 279 g/mol.